The SMILES string of the molecule is O=C(Cc1sc(NC2CC3C=CC2C3)nc1O)Oc1ccccc1N1CCOCC1. The zero-order valence-electron chi connectivity index (χ0n) is 16.6. The summed E-state index contributed by atoms with van der Waals surface area (Å²) in [5.74, 6) is 1.21. The summed E-state index contributed by atoms with van der Waals surface area (Å²) in [4.78, 5) is 19.5. The van der Waals surface area contributed by atoms with Crippen molar-refractivity contribution in [2.75, 3.05) is 36.5 Å². The van der Waals surface area contributed by atoms with Crippen molar-refractivity contribution in [2.45, 2.75) is 25.3 Å². The number of hydrogen-bond donors (Lipinski definition) is 2. The number of carbonyl (C=O) groups is 1. The van der Waals surface area contributed by atoms with Crippen LogP contribution in [0.5, 0.6) is 11.6 Å². The molecular formula is C22H25N3O4S. The van der Waals surface area contributed by atoms with Crippen LogP contribution in [0.15, 0.2) is 36.4 Å². The van der Waals surface area contributed by atoms with Crippen LogP contribution in [0.3, 0.4) is 0 Å². The summed E-state index contributed by atoms with van der Waals surface area (Å²) in [5.41, 5.74) is 0.884. The van der Waals surface area contributed by atoms with Crippen molar-refractivity contribution in [3.05, 3.63) is 41.3 Å². The molecule has 1 saturated heterocycles. The first-order valence-corrected chi connectivity index (χ1v) is 11.2. The monoisotopic (exact) mass is 427 g/mol. The number of anilines is 2. The summed E-state index contributed by atoms with van der Waals surface area (Å²) in [7, 11) is 0. The largest absolute Gasteiger partial charge is 0.492 e. The summed E-state index contributed by atoms with van der Waals surface area (Å²) < 4.78 is 11.1. The number of carbonyl (C=O) groups excluding carboxylic acids is 1. The number of nitrogens with zero attached hydrogens (tertiary/aromatic N) is 2. The van der Waals surface area contributed by atoms with Crippen molar-refractivity contribution in [1.29, 1.82) is 0 Å². The lowest BCUT2D eigenvalue weighted by Gasteiger charge is -2.29. The van der Waals surface area contributed by atoms with Crippen LogP contribution in [0.4, 0.5) is 10.8 Å². The molecule has 1 saturated carbocycles. The van der Waals surface area contributed by atoms with Gasteiger partial charge in [0.1, 0.15) is 0 Å². The summed E-state index contributed by atoms with van der Waals surface area (Å²) >= 11 is 1.32. The zero-order chi connectivity index (χ0) is 20.5. The lowest BCUT2D eigenvalue weighted by atomic mass is 10.0. The van der Waals surface area contributed by atoms with Gasteiger partial charge in [-0.15, -0.1) is 0 Å². The molecule has 2 N–H and O–H groups in total. The molecule has 7 nitrogen and oxygen atoms in total. The van der Waals surface area contributed by atoms with Gasteiger partial charge >= 0.3 is 5.97 Å². The normalized spacial score (nSPS) is 24.9. The topological polar surface area (TPSA) is 83.9 Å². The zero-order valence-corrected chi connectivity index (χ0v) is 17.4. The molecule has 3 aliphatic rings. The molecule has 2 heterocycles. The van der Waals surface area contributed by atoms with Gasteiger partial charge in [-0.05, 0) is 36.8 Å². The highest BCUT2D eigenvalue weighted by Gasteiger charge is 2.36. The van der Waals surface area contributed by atoms with Crippen LogP contribution in [0, 0.1) is 11.8 Å². The maximum atomic E-state index is 12.6. The average molecular weight is 428 g/mol. The third-order valence-electron chi connectivity index (χ3n) is 6.01. The van der Waals surface area contributed by atoms with E-state index in [1.165, 1.54) is 17.8 Å². The number of fused-ring (bicyclic) bond motifs is 2. The van der Waals surface area contributed by atoms with Gasteiger partial charge in [0.15, 0.2) is 10.9 Å². The van der Waals surface area contributed by atoms with Gasteiger partial charge in [0.05, 0.1) is 30.2 Å². The van der Waals surface area contributed by atoms with Crippen molar-refractivity contribution in [2.24, 2.45) is 11.8 Å². The second-order valence-electron chi connectivity index (χ2n) is 8.01. The molecule has 2 fully saturated rings. The third-order valence-corrected chi connectivity index (χ3v) is 6.99. The highest BCUT2D eigenvalue weighted by molar-refractivity contribution is 7.16. The van der Waals surface area contributed by atoms with E-state index in [0.29, 0.717) is 46.8 Å². The number of ether oxygens (including phenoxy) is 2. The minimum atomic E-state index is -0.413. The maximum Gasteiger partial charge on any atom is 0.316 e. The molecule has 1 aliphatic heterocycles. The molecule has 1 aromatic carbocycles. The Hall–Kier alpha value is -2.58. The minimum absolute atomic E-state index is 0.0146. The molecule has 3 atom stereocenters. The van der Waals surface area contributed by atoms with Crippen molar-refractivity contribution in [3.8, 4) is 11.6 Å². The molecule has 0 radical (unpaired) electrons. The number of hydrogen-bond acceptors (Lipinski definition) is 8. The Morgan fingerprint density at radius 1 is 1.27 bits per heavy atom. The molecule has 2 bridgehead atoms. The fourth-order valence-electron chi connectivity index (χ4n) is 4.52. The minimum Gasteiger partial charge on any atom is -0.492 e. The number of morpholine rings is 1. The van der Waals surface area contributed by atoms with Gasteiger partial charge in [0, 0.05) is 19.1 Å². The molecule has 1 aromatic heterocycles. The van der Waals surface area contributed by atoms with E-state index in [4.69, 9.17) is 9.47 Å². The fourth-order valence-corrected chi connectivity index (χ4v) is 5.43. The number of rotatable bonds is 6. The number of benzene rings is 1. The number of nitrogens with one attached hydrogen (secondary N) is 1. The Kier molecular flexibility index (Phi) is 5.35. The fraction of sp³-hybridized carbons (Fsp3) is 0.455. The predicted octanol–water partition coefficient (Wildman–Crippen LogP) is 3.21. The van der Waals surface area contributed by atoms with Gasteiger partial charge in [-0.25, -0.2) is 0 Å². The predicted molar refractivity (Wildman–Crippen MR) is 115 cm³/mol. The van der Waals surface area contributed by atoms with E-state index < -0.39 is 5.97 Å². The number of thiazole rings is 1. The Bertz CT molecular complexity index is 954. The molecule has 3 unspecified atom stereocenters. The lowest BCUT2D eigenvalue weighted by Crippen LogP contribution is -2.36. The standard InChI is InChI=1S/C22H25N3O4S/c26-20(29-18-4-2-1-3-17(18)25-7-9-28-10-8-25)13-19-21(27)24-22(30-19)23-16-12-14-5-6-15(16)11-14/h1-6,14-16,27H,7-13H2,(H,23,24). The van der Waals surface area contributed by atoms with Gasteiger partial charge < -0.3 is 24.8 Å². The van der Waals surface area contributed by atoms with Gasteiger partial charge in [0.25, 0.3) is 0 Å². The number of allylic oxidation sites excluding steroid dienone is 1. The Balaban J connectivity index is 1.23. The van der Waals surface area contributed by atoms with E-state index in [0.717, 1.165) is 25.2 Å². The Labute approximate surface area is 179 Å². The van der Waals surface area contributed by atoms with E-state index in [1.54, 1.807) is 6.07 Å². The maximum absolute atomic E-state index is 12.6. The average Bonchev–Trinajstić information content (AvgIpc) is 3.46. The molecule has 158 valence electrons. The van der Waals surface area contributed by atoms with Crippen LogP contribution in [-0.2, 0) is 16.0 Å². The number of esters is 1. The van der Waals surface area contributed by atoms with Crippen LogP contribution in [0.2, 0.25) is 0 Å². The van der Waals surface area contributed by atoms with Crippen molar-refractivity contribution in [1.82, 2.24) is 4.98 Å². The first-order valence-electron chi connectivity index (χ1n) is 10.4. The molecule has 2 aliphatic carbocycles. The van der Waals surface area contributed by atoms with Crippen LogP contribution < -0.4 is 15.0 Å². The number of aromatic nitrogens is 1. The van der Waals surface area contributed by atoms with Gasteiger partial charge in [-0.3, -0.25) is 4.79 Å². The van der Waals surface area contributed by atoms with Gasteiger partial charge in [-0.2, -0.15) is 4.98 Å². The number of para-hydroxylation sites is 2. The van der Waals surface area contributed by atoms with E-state index in [2.05, 4.69) is 27.4 Å². The smallest absolute Gasteiger partial charge is 0.316 e. The molecule has 5 rings (SSSR count). The quantitative estimate of drug-likeness (QED) is 0.416. The molecule has 2 aromatic rings. The van der Waals surface area contributed by atoms with Crippen molar-refractivity contribution < 1.29 is 19.4 Å². The van der Waals surface area contributed by atoms with Crippen molar-refractivity contribution in [3.63, 3.8) is 0 Å². The molecule has 0 spiro atoms. The second-order valence-corrected chi connectivity index (χ2v) is 9.10. The Morgan fingerprint density at radius 2 is 2.10 bits per heavy atom. The highest BCUT2D eigenvalue weighted by atomic mass is 32.1. The van der Waals surface area contributed by atoms with Gasteiger partial charge in [0.2, 0.25) is 5.88 Å². The van der Waals surface area contributed by atoms with Crippen LogP contribution in [-0.4, -0.2) is 48.4 Å². The van der Waals surface area contributed by atoms with Crippen LogP contribution in [0.1, 0.15) is 17.7 Å². The third kappa shape index (κ3) is 4.02. The van der Waals surface area contributed by atoms with E-state index in [-0.39, 0.29) is 12.3 Å². The molecule has 30 heavy (non-hydrogen) atoms. The van der Waals surface area contributed by atoms with E-state index in [9.17, 15) is 9.90 Å². The second kappa shape index (κ2) is 8.28. The molecular weight excluding hydrogens is 402 g/mol. The van der Waals surface area contributed by atoms with Crippen molar-refractivity contribution >= 4 is 28.1 Å². The first-order chi connectivity index (χ1) is 14.7. The highest BCUT2D eigenvalue weighted by Crippen LogP contribution is 2.41. The van der Waals surface area contributed by atoms with Crippen LogP contribution in [0.25, 0.3) is 0 Å². The lowest BCUT2D eigenvalue weighted by molar-refractivity contribution is -0.133. The van der Waals surface area contributed by atoms with E-state index >= 15 is 0 Å². The van der Waals surface area contributed by atoms with Gasteiger partial charge in [-0.1, -0.05) is 35.6 Å². The first kappa shape index (κ1) is 19.4. The number of aromatic hydroxyl groups is 1. The van der Waals surface area contributed by atoms with Crippen LogP contribution >= 0.6 is 11.3 Å². The molecule has 0 amide bonds. The Morgan fingerprint density at radius 3 is 2.87 bits per heavy atom. The van der Waals surface area contributed by atoms with E-state index in [1.807, 2.05) is 18.2 Å². The summed E-state index contributed by atoms with van der Waals surface area (Å²) in [6.45, 7) is 2.84. The summed E-state index contributed by atoms with van der Waals surface area (Å²) in [5, 5.41) is 14.3. The summed E-state index contributed by atoms with van der Waals surface area (Å²) in [6, 6.07) is 7.88. The molecule has 8 heteroatoms. The summed E-state index contributed by atoms with van der Waals surface area (Å²) in [6.07, 6.45) is 6.83.